The van der Waals surface area contributed by atoms with Gasteiger partial charge in [0.1, 0.15) is 12.3 Å². The van der Waals surface area contributed by atoms with E-state index < -0.39 is 5.82 Å². The van der Waals surface area contributed by atoms with E-state index in [1.807, 2.05) is 0 Å². The number of hydrogen-bond donors (Lipinski definition) is 3. The summed E-state index contributed by atoms with van der Waals surface area (Å²) < 4.78 is 18.9. The smallest absolute Gasteiger partial charge is 0.211 e. The van der Waals surface area contributed by atoms with Gasteiger partial charge in [-0.05, 0) is 36.4 Å². The van der Waals surface area contributed by atoms with Crippen LogP contribution < -0.4 is 10.1 Å². The monoisotopic (exact) mass is 315 g/mol. The first kappa shape index (κ1) is 15.0. The lowest BCUT2D eigenvalue weighted by atomic mass is 10.1. The van der Waals surface area contributed by atoms with Crippen molar-refractivity contribution in [2.45, 2.75) is 0 Å². The summed E-state index contributed by atoms with van der Waals surface area (Å²) in [4.78, 5) is 10.6. The Balaban J connectivity index is 2.05. The number of aliphatic hydroxyl groups excluding tert-OH is 1. The topological polar surface area (TPSA) is 87.2 Å². The normalized spacial score (nSPS) is 10.7. The number of hydrogen-bond acceptors (Lipinski definition) is 4. The van der Waals surface area contributed by atoms with E-state index in [-0.39, 0.29) is 19.0 Å². The maximum Gasteiger partial charge on any atom is 0.211 e. The maximum absolute atomic E-state index is 13.7. The second-order valence-electron chi connectivity index (χ2n) is 4.81. The lowest BCUT2D eigenvalue weighted by molar-refractivity contribution is -0.105. The Morgan fingerprint density at radius 2 is 2.17 bits per heavy atom. The van der Waals surface area contributed by atoms with Gasteiger partial charge in [0.2, 0.25) is 6.41 Å². The summed E-state index contributed by atoms with van der Waals surface area (Å²) in [5.41, 5.74) is 2.70. The third-order valence-corrected chi connectivity index (χ3v) is 3.34. The minimum Gasteiger partial charge on any atom is -0.488 e. The molecule has 0 atom stereocenters. The summed E-state index contributed by atoms with van der Waals surface area (Å²) >= 11 is 0. The Labute approximate surface area is 130 Å². The minimum atomic E-state index is -0.509. The fourth-order valence-corrected chi connectivity index (χ4v) is 2.31. The van der Waals surface area contributed by atoms with Crippen LogP contribution in [-0.4, -0.2) is 34.9 Å². The number of amides is 1. The number of fused-ring (bicyclic) bond motifs is 1. The molecular weight excluding hydrogens is 301 g/mol. The van der Waals surface area contributed by atoms with Gasteiger partial charge in [-0.15, -0.1) is 0 Å². The van der Waals surface area contributed by atoms with E-state index in [1.165, 1.54) is 12.1 Å². The van der Waals surface area contributed by atoms with Gasteiger partial charge in [0.25, 0.3) is 0 Å². The molecule has 0 aliphatic rings. The van der Waals surface area contributed by atoms with Crippen LogP contribution in [0.3, 0.4) is 0 Å². The van der Waals surface area contributed by atoms with Crippen molar-refractivity contribution < 1.29 is 19.0 Å². The van der Waals surface area contributed by atoms with Gasteiger partial charge in [0.05, 0.1) is 12.1 Å². The predicted octanol–water partition coefficient (Wildman–Crippen LogP) is 2.31. The lowest BCUT2D eigenvalue weighted by Gasteiger charge is -2.07. The molecule has 3 aromatic rings. The maximum atomic E-state index is 13.7. The molecular formula is C16H14FN3O3. The number of carbonyl (C=O) groups is 1. The number of ether oxygens (including phenoxy) is 1. The number of benzene rings is 2. The number of H-pyrrole nitrogens is 1. The predicted molar refractivity (Wildman–Crippen MR) is 83.8 cm³/mol. The molecule has 1 heterocycles. The molecule has 7 heteroatoms. The van der Waals surface area contributed by atoms with Crippen LogP contribution in [0.25, 0.3) is 22.2 Å². The van der Waals surface area contributed by atoms with Crippen molar-refractivity contribution in [1.29, 1.82) is 0 Å². The van der Waals surface area contributed by atoms with Gasteiger partial charge < -0.3 is 15.2 Å². The van der Waals surface area contributed by atoms with Crippen molar-refractivity contribution in [2.24, 2.45) is 0 Å². The van der Waals surface area contributed by atoms with Crippen LogP contribution in [0, 0.1) is 5.82 Å². The highest BCUT2D eigenvalue weighted by Gasteiger charge is 2.12. The molecule has 3 rings (SSSR count). The van der Waals surface area contributed by atoms with Crippen molar-refractivity contribution in [3.63, 3.8) is 0 Å². The number of aromatic amines is 1. The molecule has 23 heavy (non-hydrogen) atoms. The van der Waals surface area contributed by atoms with Crippen molar-refractivity contribution in [3.05, 3.63) is 42.2 Å². The number of nitrogens with one attached hydrogen (secondary N) is 2. The van der Waals surface area contributed by atoms with Gasteiger partial charge in [-0.1, -0.05) is 0 Å². The molecule has 0 aliphatic carbocycles. The van der Waals surface area contributed by atoms with E-state index in [0.717, 1.165) is 10.9 Å². The zero-order chi connectivity index (χ0) is 16.2. The van der Waals surface area contributed by atoms with Gasteiger partial charge in [0.15, 0.2) is 11.6 Å². The van der Waals surface area contributed by atoms with Gasteiger partial charge in [-0.25, -0.2) is 4.39 Å². The number of halogens is 1. The van der Waals surface area contributed by atoms with E-state index >= 15 is 0 Å². The molecule has 1 amide bonds. The van der Waals surface area contributed by atoms with E-state index in [1.54, 1.807) is 24.3 Å². The number of carbonyl (C=O) groups excluding carboxylic acids is 1. The molecule has 0 fully saturated rings. The van der Waals surface area contributed by atoms with E-state index in [4.69, 9.17) is 9.84 Å². The van der Waals surface area contributed by atoms with E-state index in [2.05, 4.69) is 15.5 Å². The largest absolute Gasteiger partial charge is 0.488 e. The molecule has 0 saturated heterocycles. The first-order chi connectivity index (χ1) is 11.2. The Hall–Kier alpha value is -2.93. The van der Waals surface area contributed by atoms with Crippen LogP contribution in [0.15, 0.2) is 36.4 Å². The number of nitrogens with zero attached hydrogens (tertiary/aromatic N) is 1. The summed E-state index contributed by atoms with van der Waals surface area (Å²) in [5.74, 6) is -0.458. The van der Waals surface area contributed by atoms with Crippen molar-refractivity contribution >= 4 is 23.0 Å². The van der Waals surface area contributed by atoms with Crippen LogP contribution in [0.4, 0.5) is 10.1 Å². The molecule has 0 radical (unpaired) electrons. The average Bonchev–Trinajstić information content (AvgIpc) is 2.98. The molecule has 0 bridgehead atoms. The van der Waals surface area contributed by atoms with E-state index in [9.17, 15) is 9.18 Å². The molecule has 0 saturated carbocycles. The standard InChI is InChI=1S/C16H14FN3O3/c17-13-3-1-10(7-15(13)23-6-5-21)16-12-8-11(18-9-22)2-4-14(12)19-20-16/h1-4,7-9,21H,5-6H2,(H,18,22)(H,19,20). The highest BCUT2D eigenvalue weighted by molar-refractivity contribution is 5.96. The molecule has 6 nitrogen and oxygen atoms in total. The van der Waals surface area contributed by atoms with Gasteiger partial charge >= 0.3 is 0 Å². The van der Waals surface area contributed by atoms with Gasteiger partial charge in [0, 0.05) is 16.6 Å². The van der Waals surface area contributed by atoms with Gasteiger partial charge in [-0.3, -0.25) is 9.89 Å². The highest BCUT2D eigenvalue weighted by atomic mass is 19.1. The fourth-order valence-electron chi connectivity index (χ4n) is 2.31. The fraction of sp³-hybridized carbons (Fsp3) is 0.125. The van der Waals surface area contributed by atoms with Crippen LogP contribution in [0.1, 0.15) is 0 Å². The molecule has 2 aromatic carbocycles. The second kappa shape index (κ2) is 6.45. The summed E-state index contributed by atoms with van der Waals surface area (Å²) in [5, 5.41) is 19.3. The summed E-state index contributed by atoms with van der Waals surface area (Å²) in [6.45, 7) is -0.190. The second-order valence-corrected chi connectivity index (χ2v) is 4.81. The molecule has 118 valence electrons. The SMILES string of the molecule is O=CNc1ccc2[nH]nc(-c3ccc(F)c(OCCO)c3)c2c1. The number of anilines is 1. The molecule has 0 aliphatic heterocycles. The minimum absolute atomic E-state index is 0.00902. The molecule has 0 unspecified atom stereocenters. The third-order valence-electron chi connectivity index (χ3n) is 3.34. The lowest BCUT2D eigenvalue weighted by Crippen LogP contribution is -2.03. The van der Waals surface area contributed by atoms with E-state index in [0.29, 0.717) is 23.4 Å². The zero-order valence-corrected chi connectivity index (χ0v) is 12.0. The summed E-state index contributed by atoms with van der Waals surface area (Å²) in [6.07, 6.45) is 0.597. The number of aromatic nitrogens is 2. The first-order valence-corrected chi connectivity index (χ1v) is 6.95. The number of rotatable bonds is 6. The highest BCUT2D eigenvalue weighted by Crippen LogP contribution is 2.31. The molecule has 3 N–H and O–H groups in total. The van der Waals surface area contributed by atoms with Crippen LogP contribution in [0.5, 0.6) is 5.75 Å². The van der Waals surface area contributed by atoms with Crippen LogP contribution in [0.2, 0.25) is 0 Å². The quantitative estimate of drug-likeness (QED) is 0.609. The zero-order valence-electron chi connectivity index (χ0n) is 12.0. The van der Waals surface area contributed by atoms with Crippen molar-refractivity contribution in [1.82, 2.24) is 10.2 Å². The third kappa shape index (κ3) is 3.00. The Bertz CT molecular complexity index is 848. The average molecular weight is 315 g/mol. The van der Waals surface area contributed by atoms with Crippen LogP contribution in [-0.2, 0) is 4.79 Å². The summed E-state index contributed by atoms with van der Waals surface area (Å²) in [6, 6.07) is 9.73. The number of aliphatic hydroxyl groups is 1. The Morgan fingerprint density at radius 3 is 2.96 bits per heavy atom. The Kier molecular flexibility index (Phi) is 4.20. The van der Waals surface area contributed by atoms with Crippen molar-refractivity contribution in [2.75, 3.05) is 18.5 Å². The van der Waals surface area contributed by atoms with Crippen LogP contribution >= 0.6 is 0 Å². The Morgan fingerprint density at radius 1 is 1.30 bits per heavy atom. The first-order valence-electron chi connectivity index (χ1n) is 6.95. The summed E-state index contributed by atoms with van der Waals surface area (Å²) in [7, 11) is 0. The molecule has 0 spiro atoms. The van der Waals surface area contributed by atoms with Gasteiger partial charge in [-0.2, -0.15) is 5.10 Å². The van der Waals surface area contributed by atoms with Crippen molar-refractivity contribution in [3.8, 4) is 17.0 Å². The molecule has 1 aromatic heterocycles.